The zero-order valence-electron chi connectivity index (χ0n) is 10.8. The largest absolute Gasteiger partial charge is 0.303 e. The molecule has 2 aromatic rings. The second kappa shape index (κ2) is 8.00. The summed E-state index contributed by atoms with van der Waals surface area (Å²) in [6, 6.07) is 8.35. The molecule has 1 aromatic carbocycles. The van der Waals surface area contributed by atoms with Crippen LogP contribution in [0.5, 0.6) is 0 Å². The quantitative estimate of drug-likeness (QED) is 0.746. The van der Waals surface area contributed by atoms with Gasteiger partial charge in [-0.25, -0.2) is 4.98 Å². The van der Waals surface area contributed by atoms with E-state index in [0.29, 0.717) is 0 Å². The first kappa shape index (κ1) is 15.8. The van der Waals surface area contributed by atoms with Crippen LogP contribution in [0, 0.1) is 0 Å². The smallest absolute Gasteiger partial charge is 0.151 e. The number of hydrogen-bond acceptors (Lipinski definition) is 4. The van der Waals surface area contributed by atoms with Gasteiger partial charge in [-0.3, -0.25) is 0 Å². The topological polar surface area (TPSA) is 16.1 Å². The number of para-hydroxylation sites is 1. The Labute approximate surface area is 123 Å². The summed E-state index contributed by atoms with van der Waals surface area (Å²) in [4.78, 5) is 7.07. The lowest BCUT2D eigenvalue weighted by atomic mass is 10.3. The van der Waals surface area contributed by atoms with Crippen LogP contribution in [0.1, 0.15) is 13.8 Å². The van der Waals surface area contributed by atoms with Gasteiger partial charge in [-0.1, -0.05) is 37.7 Å². The Morgan fingerprint density at radius 1 is 1.22 bits per heavy atom. The van der Waals surface area contributed by atoms with E-state index in [1.54, 1.807) is 11.3 Å². The van der Waals surface area contributed by atoms with Crippen molar-refractivity contribution < 1.29 is 0 Å². The molecule has 0 aliphatic heterocycles. The molecule has 0 N–H and O–H groups in total. The molecule has 0 spiro atoms. The summed E-state index contributed by atoms with van der Waals surface area (Å²) in [5.74, 6) is 1.13. The van der Waals surface area contributed by atoms with Gasteiger partial charge in [0.15, 0.2) is 4.34 Å². The summed E-state index contributed by atoms with van der Waals surface area (Å²) < 4.78 is 2.48. The molecular weight excluding hydrogens is 284 g/mol. The van der Waals surface area contributed by atoms with Gasteiger partial charge in [0.2, 0.25) is 0 Å². The number of halogens is 1. The van der Waals surface area contributed by atoms with Crippen LogP contribution in [0.4, 0.5) is 0 Å². The number of rotatable bonds is 6. The van der Waals surface area contributed by atoms with E-state index in [2.05, 4.69) is 41.9 Å². The van der Waals surface area contributed by atoms with Crippen LogP contribution in [0.3, 0.4) is 0 Å². The average Bonchev–Trinajstić information content (AvgIpc) is 2.77. The van der Waals surface area contributed by atoms with Crippen LogP contribution in [-0.2, 0) is 0 Å². The highest BCUT2D eigenvalue weighted by molar-refractivity contribution is 8.01. The first-order chi connectivity index (χ1) is 8.33. The summed E-state index contributed by atoms with van der Waals surface area (Å²) in [5.41, 5.74) is 1.13. The maximum Gasteiger partial charge on any atom is 0.151 e. The van der Waals surface area contributed by atoms with Crippen molar-refractivity contribution in [2.45, 2.75) is 18.2 Å². The van der Waals surface area contributed by atoms with Crippen LogP contribution in [0.15, 0.2) is 28.6 Å². The van der Waals surface area contributed by atoms with E-state index >= 15 is 0 Å². The molecule has 2 rings (SSSR count). The molecule has 0 amide bonds. The zero-order chi connectivity index (χ0) is 12.1. The van der Waals surface area contributed by atoms with Crippen molar-refractivity contribution in [1.29, 1.82) is 0 Å². The summed E-state index contributed by atoms with van der Waals surface area (Å²) in [6.07, 6.45) is 0. The molecule has 0 aliphatic carbocycles. The van der Waals surface area contributed by atoms with Gasteiger partial charge >= 0.3 is 0 Å². The van der Waals surface area contributed by atoms with Gasteiger partial charge in [0, 0.05) is 12.3 Å². The fraction of sp³-hybridized carbons (Fsp3) is 0.462. The number of nitrogens with zero attached hydrogens (tertiary/aromatic N) is 2. The van der Waals surface area contributed by atoms with Crippen molar-refractivity contribution in [3.63, 3.8) is 0 Å². The van der Waals surface area contributed by atoms with Gasteiger partial charge in [0.25, 0.3) is 0 Å². The van der Waals surface area contributed by atoms with Crippen molar-refractivity contribution in [2.24, 2.45) is 0 Å². The third-order valence-corrected chi connectivity index (χ3v) is 4.96. The van der Waals surface area contributed by atoms with Crippen molar-refractivity contribution in [3.05, 3.63) is 24.3 Å². The average molecular weight is 303 g/mol. The summed E-state index contributed by atoms with van der Waals surface area (Å²) in [6.45, 7) is 7.85. The highest BCUT2D eigenvalue weighted by Gasteiger charge is 2.04. The van der Waals surface area contributed by atoms with Crippen LogP contribution < -0.4 is 0 Å². The Balaban J connectivity index is 0.00000162. The first-order valence-corrected chi connectivity index (χ1v) is 7.84. The zero-order valence-corrected chi connectivity index (χ0v) is 13.2. The number of aromatic nitrogens is 1. The fourth-order valence-electron chi connectivity index (χ4n) is 1.71. The minimum Gasteiger partial charge on any atom is -0.303 e. The minimum absolute atomic E-state index is 0. The van der Waals surface area contributed by atoms with Crippen molar-refractivity contribution in [3.8, 4) is 0 Å². The Hall–Kier alpha value is -0.290. The van der Waals surface area contributed by atoms with Gasteiger partial charge in [0.05, 0.1) is 10.2 Å². The summed E-state index contributed by atoms with van der Waals surface area (Å²) in [7, 11) is 0. The second-order valence-corrected chi connectivity index (χ2v) is 6.20. The predicted molar refractivity (Wildman–Crippen MR) is 85.4 cm³/mol. The molecule has 0 aliphatic rings. The first-order valence-electron chi connectivity index (χ1n) is 6.04. The number of benzene rings is 1. The van der Waals surface area contributed by atoms with Gasteiger partial charge in [-0.2, -0.15) is 0 Å². The molecule has 1 aromatic heterocycles. The monoisotopic (exact) mass is 302 g/mol. The lowest BCUT2D eigenvalue weighted by Crippen LogP contribution is -2.25. The summed E-state index contributed by atoms with van der Waals surface area (Å²) in [5, 5.41) is 0. The normalized spacial score (nSPS) is 10.8. The molecular formula is C13H19ClN2S2. The Bertz CT molecular complexity index is 436. The van der Waals surface area contributed by atoms with E-state index in [9.17, 15) is 0 Å². The van der Waals surface area contributed by atoms with E-state index < -0.39 is 0 Å². The van der Waals surface area contributed by atoms with Crippen molar-refractivity contribution >= 4 is 45.7 Å². The van der Waals surface area contributed by atoms with Gasteiger partial charge < -0.3 is 4.90 Å². The maximum absolute atomic E-state index is 4.62. The highest BCUT2D eigenvalue weighted by Crippen LogP contribution is 2.29. The Morgan fingerprint density at radius 2 is 1.94 bits per heavy atom. The molecule has 0 bridgehead atoms. The Morgan fingerprint density at radius 3 is 2.61 bits per heavy atom. The van der Waals surface area contributed by atoms with Crippen molar-refractivity contribution in [2.75, 3.05) is 25.4 Å². The molecule has 5 heteroatoms. The number of thiazole rings is 1. The lowest BCUT2D eigenvalue weighted by molar-refractivity contribution is 0.324. The summed E-state index contributed by atoms with van der Waals surface area (Å²) >= 11 is 3.67. The molecule has 0 unspecified atom stereocenters. The molecule has 0 radical (unpaired) electrons. The molecule has 0 atom stereocenters. The lowest BCUT2D eigenvalue weighted by Gasteiger charge is -2.16. The van der Waals surface area contributed by atoms with E-state index in [1.165, 1.54) is 9.04 Å². The van der Waals surface area contributed by atoms with E-state index in [0.717, 1.165) is 30.9 Å². The molecule has 1 heterocycles. The maximum atomic E-state index is 4.62. The van der Waals surface area contributed by atoms with E-state index in [4.69, 9.17) is 0 Å². The van der Waals surface area contributed by atoms with Gasteiger partial charge in [0.1, 0.15) is 0 Å². The second-order valence-electron chi connectivity index (χ2n) is 3.82. The van der Waals surface area contributed by atoms with Crippen LogP contribution in [-0.4, -0.2) is 35.3 Å². The number of thioether (sulfide) groups is 1. The highest BCUT2D eigenvalue weighted by atomic mass is 35.5. The standard InChI is InChI=1S/C13H18N2S2.ClH/c1-3-15(4-2)9-10-16-13-14-11-7-5-6-8-12(11)17-13;/h5-8H,3-4,9-10H2,1-2H3;1H. The molecule has 0 saturated carbocycles. The molecule has 0 fully saturated rings. The Kier molecular flexibility index (Phi) is 7.00. The van der Waals surface area contributed by atoms with Crippen LogP contribution in [0.2, 0.25) is 0 Å². The molecule has 0 saturated heterocycles. The van der Waals surface area contributed by atoms with Gasteiger partial charge in [-0.05, 0) is 25.2 Å². The van der Waals surface area contributed by atoms with Crippen LogP contribution >= 0.6 is 35.5 Å². The van der Waals surface area contributed by atoms with Crippen molar-refractivity contribution in [1.82, 2.24) is 9.88 Å². The fourth-order valence-corrected chi connectivity index (χ4v) is 3.85. The molecule has 18 heavy (non-hydrogen) atoms. The minimum atomic E-state index is 0. The molecule has 100 valence electrons. The number of hydrogen-bond donors (Lipinski definition) is 0. The third-order valence-electron chi connectivity index (χ3n) is 2.80. The van der Waals surface area contributed by atoms with E-state index in [-0.39, 0.29) is 12.4 Å². The van der Waals surface area contributed by atoms with Crippen LogP contribution in [0.25, 0.3) is 10.2 Å². The molecule has 2 nitrogen and oxygen atoms in total. The van der Waals surface area contributed by atoms with E-state index in [1.807, 2.05) is 17.8 Å². The predicted octanol–water partition coefficient (Wildman–Crippen LogP) is 4.15. The van der Waals surface area contributed by atoms with Gasteiger partial charge in [-0.15, -0.1) is 23.7 Å². The third kappa shape index (κ3) is 4.12. The SMILES string of the molecule is CCN(CC)CCSc1nc2ccccc2s1.Cl. The number of fused-ring (bicyclic) bond motifs is 1.